The highest BCUT2D eigenvalue weighted by molar-refractivity contribution is 5.97. The van der Waals surface area contributed by atoms with Crippen LogP contribution in [-0.4, -0.2) is 38.7 Å². The summed E-state index contributed by atoms with van der Waals surface area (Å²) in [5.74, 6) is 1.11. The van der Waals surface area contributed by atoms with Crippen molar-refractivity contribution in [3.63, 3.8) is 0 Å². The second-order valence-electron chi connectivity index (χ2n) is 6.69. The quantitative estimate of drug-likeness (QED) is 0.804. The summed E-state index contributed by atoms with van der Waals surface area (Å²) in [6, 6.07) is 14.4. The molecule has 0 bridgehead atoms. The molecule has 1 aliphatic rings. The van der Waals surface area contributed by atoms with Gasteiger partial charge >= 0.3 is 6.03 Å². The lowest BCUT2D eigenvalue weighted by Gasteiger charge is -2.20. The summed E-state index contributed by atoms with van der Waals surface area (Å²) in [5, 5.41) is 5.80. The van der Waals surface area contributed by atoms with Crippen LogP contribution in [0.15, 0.2) is 48.5 Å². The number of amides is 3. The third-order valence-electron chi connectivity index (χ3n) is 4.79. The minimum atomic E-state index is -0.289. The Balaban J connectivity index is 1.60. The Morgan fingerprint density at radius 3 is 2.50 bits per heavy atom. The molecule has 0 aliphatic carbocycles. The first kappa shape index (κ1) is 19.5. The Hall–Kier alpha value is -3.22. The van der Waals surface area contributed by atoms with Crippen molar-refractivity contribution in [1.82, 2.24) is 10.6 Å². The maximum atomic E-state index is 12.4. The van der Waals surface area contributed by atoms with E-state index in [2.05, 4.69) is 10.6 Å². The third-order valence-corrected chi connectivity index (χ3v) is 4.79. The molecule has 0 unspecified atom stereocenters. The highest BCUT2D eigenvalue weighted by Gasteiger charge is 2.32. The molecule has 0 aromatic heterocycles. The molecule has 2 aromatic rings. The van der Waals surface area contributed by atoms with E-state index in [4.69, 9.17) is 9.47 Å². The first-order chi connectivity index (χ1) is 13.5. The van der Waals surface area contributed by atoms with Gasteiger partial charge in [0.25, 0.3) is 0 Å². The van der Waals surface area contributed by atoms with Crippen LogP contribution < -0.4 is 25.0 Å². The Labute approximate surface area is 164 Å². The summed E-state index contributed by atoms with van der Waals surface area (Å²) >= 11 is 0. The minimum absolute atomic E-state index is 0.0476. The van der Waals surface area contributed by atoms with Crippen molar-refractivity contribution in [3.8, 4) is 11.5 Å². The van der Waals surface area contributed by atoms with Crippen molar-refractivity contribution < 1.29 is 19.1 Å². The lowest BCUT2D eigenvalue weighted by atomic mass is 10.1. The summed E-state index contributed by atoms with van der Waals surface area (Å²) in [6.45, 7) is 2.33. The molecule has 148 valence electrons. The third kappa shape index (κ3) is 4.36. The number of nitrogens with one attached hydrogen (secondary N) is 2. The second-order valence-corrected chi connectivity index (χ2v) is 6.69. The van der Waals surface area contributed by atoms with Gasteiger partial charge in [0.15, 0.2) is 11.5 Å². The van der Waals surface area contributed by atoms with Gasteiger partial charge in [-0.1, -0.05) is 30.3 Å². The molecular weight excluding hydrogens is 358 g/mol. The summed E-state index contributed by atoms with van der Waals surface area (Å²) in [6.07, 6.45) is 0.251. The fraction of sp³-hybridized carbons (Fsp3) is 0.333. The fourth-order valence-electron chi connectivity index (χ4n) is 3.30. The van der Waals surface area contributed by atoms with Gasteiger partial charge in [0, 0.05) is 24.7 Å². The maximum absolute atomic E-state index is 12.4. The van der Waals surface area contributed by atoms with E-state index in [1.165, 1.54) is 0 Å². The highest BCUT2D eigenvalue weighted by Crippen LogP contribution is 2.33. The normalized spacial score (nSPS) is 17.2. The highest BCUT2D eigenvalue weighted by atomic mass is 16.5. The molecule has 1 heterocycles. The van der Waals surface area contributed by atoms with Crippen molar-refractivity contribution >= 4 is 17.6 Å². The molecule has 1 saturated heterocycles. The summed E-state index contributed by atoms with van der Waals surface area (Å²) in [5.41, 5.74) is 1.73. The van der Waals surface area contributed by atoms with Crippen LogP contribution in [-0.2, 0) is 4.79 Å². The summed E-state index contributed by atoms with van der Waals surface area (Å²) < 4.78 is 10.5. The molecule has 2 atom stereocenters. The number of anilines is 1. The van der Waals surface area contributed by atoms with Gasteiger partial charge in [0.2, 0.25) is 5.91 Å². The van der Waals surface area contributed by atoms with Gasteiger partial charge in [0.1, 0.15) is 0 Å². The number of ether oxygens (including phenoxy) is 2. The van der Waals surface area contributed by atoms with E-state index in [0.717, 1.165) is 5.56 Å². The van der Waals surface area contributed by atoms with Gasteiger partial charge in [-0.15, -0.1) is 0 Å². The lowest BCUT2D eigenvalue weighted by molar-refractivity contribution is -0.117. The number of methoxy groups -OCH3 is 2. The Morgan fingerprint density at radius 1 is 1.11 bits per heavy atom. The van der Waals surface area contributed by atoms with E-state index >= 15 is 0 Å². The van der Waals surface area contributed by atoms with E-state index in [0.29, 0.717) is 23.7 Å². The van der Waals surface area contributed by atoms with E-state index in [-0.39, 0.29) is 30.4 Å². The molecule has 3 amide bonds. The molecule has 0 radical (unpaired) electrons. The number of benzene rings is 2. The zero-order chi connectivity index (χ0) is 20.1. The smallest absolute Gasteiger partial charge is 0.315 e. The first-order valence-corrected chi connectivity index (χ1v) is 9.16. The second kappa shape index (κ2) is 8.65. The van der Waals surface area contributed by atoms with Crippen molar-refractivity contribution in [2.75, 3.05) is 25.7 Å². The van der Waals surface area contributed by atoms with E-state index in [1.54, 1.807) is 37.3 Å². The predicted octanol–water partition coefficient (Wildman–Crippen LogP) is 2.87. The fourth-order valence-corrected chi connectivity index (χ4v) is 3.30. The van der Waals surface area contributed by atoms with Crippen molar-refractivity contribution in [2.45, 2.75) is 25.4 Å². The molecule has 1 aliphatic heterocycles. The number of nitrogens with zero attached hydrogens (tertiary/aromatic N) is 1. The monoisotopic (exact) mass is 383 g/mol. The first-order valence-electron chi connectivity index (χ1n) is 9.16. The topological polar surface area (TPSA) is 79.9 Å². The van der Waals surface area contributed by atoms with Crippen LogP contribution in [0.25, 0.3) is 0 Å². The average Bonchev–Trinajstić information content (AvgIpc) is 3.07. The van der Waals surface area contributed by atoms with E-state index in [9.17, 15) is 9.59 Å². The number of carbonyl (C=O) groups is 2. The molecule has 2 aromatic carbocycles. The van der Waals surface area contributed by atoms with Gasteiger partial charge in [-0.05, 0) is 24.6 Å². The maximum Gasteiger partial charge on any atom is 0.315 e. The zero-order valence-corrected chi connectivity index (χ0v) is 16.3. The summed E-state index contributed by atoms with van der Waals surface area (Å²) in [4.78, 5) is 26.4. The lowest BCUT2D eigenvalue weighted by Crippen LogP contribution is -2.44. The molecule has 7 heteroatoms. The average molecular weight is 383 g/mol. The van der Waals surface area contributed by atoms with E-state index < -0.39 is 0 Å². The molecule has 28 heavy (non-hydrogen) atoms. The van der Waals surface area contributed by atoms with Crippen LogP contribution in [0.3, 0.4) is 0 Å². The Kier molecular flexibility index (Phi) is 6.03. The van der Waals surface area contributed by atoms with Crippen molar-refractivity contribution in [1.29, 1.82) is 0 Å². The predicted molar refractivity (Wildman–Crippen MR) is 107 cm³/mol. The molecule has 0 saturated carbocycles. The van der Waals surface area contributed by atoms with Gasteiger partial charge in [-0.25, -0.2) is 4.79 Å². The molecule has 1 fully saturated rings. The number of hydrogen-bond acceptors (Lipinski definition) is 4. The number of urea groups is 1. The van der Waals surface area contributed by atoms with Gasteiger partial charge < -0.3 is 25.0 Å². The van der Waals surface area contributed by atoms with Crippen LogP contribution in [0.4, 0.5) is 10.5 Å². The molecule has 0 spiro atoms. The van der Waals surface area contributed by atoms with Gasteiger partial charge in [0.05, 0.1) is 26.3 Å². The number of rotatable bonds is 6. The van der Waals surface area contributed by atoms with Crippen LogP contribution in [0.1, 0.15) is 24.9 Å². The van der Waals surface area contributed by atoms with Crippen LogP contribution in [0.2, 0.25) is 0 Å². The van der Waals surface area contributed by atoms with Crippen LogP contribution >= 0.6 is 0 Å². The molecule has 2 N–H and O–H groups in total. The summed E-state index contributed by atoms with van der Waals surface area (Å²) in [7, 11) is 3.11. The molecular formula is C21H25N3O4. The van der Waals surface area contributed by atoms with Crippen molar-refractivity contribution in [2.24, 2.45) is 0 Å². The Bertz CT molecular complexity index is 841. The van der Waals surface area contributed by atoms with E-state index in [1.807, 2.05) is 37.3 Å². The number of hydrogen-bond donors (Lipinski definition) is 2. The largest absolute Gasteiger partial charge is 0.493 e. The standard InChI is InChI=1S/C21H25N3O4/c1-14(15-7-5-4-6-8-15)22-21(26)23-16-11-20(25)24(13-16)17-9-10-18(27-2)19(12-17)28-3/h4-10,12,14,16H,11,13H2,1-3H3,(H2,22,23,26)/t14-,16+/m0/s1. The van der Waals surface area contributed by atoms with Gasteiger partial charge in [-0.3, -0.25) is 4.79 Å². The number of carbonyl (C=O) groups excluding carboxylic acids is 2. The molecule has 7 nitrogen and oxygen atoms in total. The molecule has 3 rings (SSSR count). The zero-order valence-electron chi connectivity index (χ0n) is 16.3. The van der Waals surface area contributed by atoms with Crippen LogP contribution in [0.5, 0.6) is 11.5 Å². The Morgan fingerprint density at radius 2 is 1.82 bits per heavy atom. The van der Waals surface area contributed by atoms with Crippen molar-refractivity contribution in [3.05, 3.63) is 54.1 Å². The minimum Gasteiger partial charge on any atom is -0.493 e. The SMILES string of the molecule is COc1ccc(N2C[C@H](NC(=O)N[C@@H](C)c3ccccc3)CC2=O)cc1OC. The van der Waals surface area contributed by atoms with Gasteiger partial charge in [-0.2, -0.15) is 0 Å². The van der Waals surface area contributed by atoms with Crippen LogP contribution in [0, 0.1) is 0 Å².